The largest absolute Gasteiger partial charge is 0.394 e. The number of amides is 1. The first kappa shape index (κ1) is 13.4. The van der Waals surface area contributed by atoms with Gasteiger partial charge in [0.05, 0.1) is 18.2 Å². The summed E-state index contributed by atoms with van der Waals surface area (Å²) in [4.78, 5) is 11.5. The summed E-state index contributed by atoms with van der Waals surface area (Å²) in [6.07, 6.45) is 0.660. The van der Waals surface area contributed by atoms with Crippen LogP contribution in [0.15, 0.2) is 0 Å². The van der Waals surface area contributed by atoms with E-state index in [4.69, 9.17) is 10.8 Å². The molecule has 0 radical (unpaired) electrons. The number of nitrogens with one attached hydrogen (secondary N) is 1. The van der Waals surface area contributed by atoms with Crippen molar-refractivity contribution in [1.82, 2.24) is 5.32 Å². The summed E-state index contributed by atoms with van der Waals surface area (Å²) >= 11 is 0. The van der Waals surface area contributed by atoms with E-state index in [0.29, 0.717) is 12.3 Å². The zero-order valence-electron chi connectivity index (χ0n) is 9.50. The Kier molecular flexibility index (Phi) is 5.08. The molecular formula is C10H22N2O2. The Hall–Kier alpha value is -0.610. The molecule has 0 spiro atoms. The van der Waals surface area contributed by atoms with Gasteiger partial charge in [-0.1, -0.05) is 13.8 Å². The Balaban J connectivity index is 4.08. The molecule has 1 unspecified atom stereocenters. The number of aliphatic hydroxyl groups excluding tert-OH is 1. The first-order valence-corrected chi connectivity index (χ1v) is 4.97. The second kappa shape index (κ2) is 5.32. The lowest BCUT2D eigenvalue weighted by Gasteiger charge is -2.25. The van der Waals surface area contributed by atoms with Crippen LogP contribution in [0.5, 0.6) is 0 Å². The number of carbonyl (C=O) groups excluding carboxylic acids is 1. The Morgan fingerprint density at radius 1 is 1.50 bits per heavy atom. The SMILES string of the molecule is CC(C)CC(N)C(=O)NC(C)(C)CO. The fourth-order valence-corrected chi connectivity index (χ4v) is 1.08. The van der Waals surface area contributed by atoms with Gasteiger partial charge in [-0.25, -0.2) is 0 Å². The van der Waals surface area contributed by atoms with Crippen LogP contribution in [-0.4, -0.2) is 29.2 Å². The van der Waals surface area contributed by atoms with Crippen molar-refractivity contribution in [2.75, 3.05) is 6.61 Å². The van der Waals surface area contributed by atoms with E-state index in [2.05, 4.69) is 5.32 Å². The maximum absolute atomic E-state index is 11.5. The summed E-state index contributed by atoms with van der Waals surface area (Å²) in [6.45, 7) is 7.46. The lowest BCUT2D eigenvalue weighted by molar-refractivity contribution is -0.124. The summed E-state index contributed by atoms with van der Waals surface area (Å²) in [5, 5.41) is 11.6. The third kappa shape index (κ3) is 5.19. The molecule has 14 heavy (non-hydrogen) atoms. The van der Waals surface area contributed by atoms with Crippen LogP contribution in [0.3, 0.4) is 0 Å². The van der Waals surface area contributed by atoms with Gasteiger partial charge in [-0.2, -0.15) is 0 Å². The van der Waals surface area contributed by atoms with Crippen molar-refractivity contribution in [1.29, 1.82) is 0 Å². The highest BCUT2D eigenvalue weighted by Gasteiger charge is 2.23. The number of hydrogen-bond acceptors (Lipinski definition) is 3. The molecule has 0 saturated carbocycles. The summed E-state index contributed by atoms with van der Waals surface area (Å²) in [6, 6.07) is -0.485. The number of carbonyl (C=O) groups is 1. The number of hydrogen-bond donors (Lipinski definition) is 3. The van der Waals surface area contributed by atoms with Crippen LogP contribution in [0.1, 0.15) is 34.1 Å². The molecule has 0 aromatic rings. The average Bonchev–Trinajstić information content (AvgIpc) is 2.02. The van der Waals surface area contributed by atoms with E-state index in [9.17, 15) is 4.79 Å². The molecule has 4 nitrogen and oxygen atoms in total. The smallest absolute Gasteiger partial charge is 0.237 e. The van der Waals surface area contributed by atoms with Crippen LogP contribution in [0.2, 0.25) is 0 Å². The number of rotatable bonds is 5. The van der Waals surface area contributed by atoms with Crippen molar-refractivity contribution >= 4 is 5.91 Å². The molecular weight excluding hydrogens is 180 g/mol. The van der Waals surface area contributed by atoms with Crippen molar-refractivity contribution in [2.45, 2.75) is 45.7 Å². The molecule has 0 fully saturated rings. The van der Waals surface area contributed by atoms with E-state index >= 15 is 0 Å². The van der Waals surface area contributed by atoms with Gasteiger partial charge in [0.15, 0.2) is 0 Å². The molecule has 84 valence electrons. The maximum Gasteiger partial charge on any atom is 0.237 e. The maximum atomic E-state index is 11.5. The second-order valence-corrected chi connectivity index (χ2v) is 4.77. The van der Waals surface area contributed by atoms with E-state index in [1.54, 1.807) is 13.8 Å². The molecule has 4 heteroatoms. The van der Waals surface area contributed by atoms with Gasteiger partial charge in [0.25, 0.3) is 0 Å². The zero-order chi connectivity index (χ0) is 11.4. The average molecular weight is 202 g/mol. The van der Waals surface area contributed by atoms with E-state index in [1.807, 2.05) is 13.8 Å². The molecule has 0 aliphatic rings. The summed E-state index contributed by atoms with van der Waals surface area (Å²) < 4.78 is 0. The van der Waals surface area contributed by atoms with E-state index < -0.39 is 11.6 Å². The fraction of sp³-hybridized carbons (Fsp3) is 0.900. The predicted molar refractivity (Wildman–Crippen MR) is 56.7 cm³/mol. The normalized spacial score (nSPS) is 14.2. The second-order valence-electron chi connectivity index (χ2n) is 4.77. The fourth-order valence-electron chi connectivity index (χ4n) is 1.08. The van der Waals surface area contributed by atoms with Gasteiger partial charge >= 0.3 is 0 Å². The zero-order valence-corrected chi connectivity index (χ0v) is 9.50. The van der Waals surface area contributed by atoms with E-state index in [1.165, 1.54) is 0 Å². The van der Waals surface area contributed by atoms with E-state index in [-0.39, 0.29) is 12.5 Å². The van der Waals surface area contributed by atoms with Crippen LogP contribution < -0.4 is 11.1 Å². The standard InChI is InChI=1S/C10H22N2O2/c1-7(2)5-8(11)9(14)12-10(3,4)6-13/h7-8,13H,5-6,11H2,1-4H3,(H,12,14). The summed E-state index contributed by atoms with van der Waals surface area (Å²) in [5.41, 5.74) is 5.09. The lowest BCUT2D eigenvalue weighted by Crippen LogP contribution is -2.52. The van der Waals surface area contributed by atoms with Gasteiger partial charge in [-0.3, -0.25) is 4.79 Å². The van der Waals surface area contributed by atoms with Crippen LogP contribution in [-0.2, 0) is 4.79 Å². The van der Waals surface area contributed by atoms with Gasteiger partial charge in [0.2, 0.25) is 5.91 Å². The lowest BCUT2D eigenvalue weighted by atomic mass is 10.0. The monoisotopic (exact) mass is 202 g/mol. The quantitative estimate of drug-likeness (QED) is 0.598. The van der Waals surface area contributed by atoms with Gasteiger partial charge in [0.1, 0.15) is 0 Å². The topological polar surface area (TPSA) is 75.4 Å². The molecule has 0 heterocycles. The first-order chi connectivity index (χ1) is 6.28. The molecule has 0 aliphatic heterocycles. The molecule has 0 aromatic heterocycles. The third-order valence-corrected chi connectivity index (χ3v) is 1.92. The van der Waals surface area contributed by atoms with Crippen molar-refractivity contribution < 1.29 is 9.90 Å². The Morgan fingerprint density at radius 3 is 2.36 bits per heavy atom. The minimum atomic E-state index is -0.592. The van der Waals surface area contributed by atoms with Crippen LogP contribution in [0, 0.1) is 5.92 Å². The Bertz CT molecular complexity index is 191. The molecule has 1 amide bonds. The predicted octanol–water partition coefficient (Wildman–Crippen LogP) is 0.247. The summed E-state index contributed by atoms with van der Waals surface area (Å²) in [7, 11) is 0. The van der Waals surface area contributed by atoms with Crippen LogP contribution >= 0.6 is 0 Å². The first-order valence-electron chi connectivity index (χ1n) is 4.97. The molecule has 0 rings (SSSR count). The van der Waals surface area contributed by atoms with Gasteiger partial charge in [0, 0.05) is 0 Å². The number of nitrogens with two attached hydrogens (primary N) is 1. The third-order valence-electron chi connectivity index (χ3n) is 1.92. The Morgan fingerprint density at radius 2 is 2.00 bits per heavy atom. The highest BCUT2D eigenvalue weighted by molar-refractivity contribution is 5.82. The van der Waals surface area contributed by atoms with Crippen molar-refractivity contribution in [3.05, 3.63) is 0 Å². The minimum absolute atomic E-state index is 0.0901. The molecule has 0 saturated heterocycles. The van der Waals surface area contributed by atoms with Gasteiger partial charge < -0.3 is 16.2 Å². The Labute approximate surface area is 85.9 Å². The minimum Gasteiger partial charge on any atom is -0.394 e. The highest BCUT2D eigenvalue weighted by Crippen LogP contribution is 2.05. The van der Waals surface area contributed by atoms with E-state index in [0.717, 1.165) is 0 Å². The van der Waals surface area contributed by atoms with Gasteiger partial charge in [-0.15, -0.1) is 0 Å². The molecule has 1 atom stereocenters. The van der Waals surface area contributed by atoms with Crippen molar-refractivity contribution in [2.24, 2.45) is 11.7 Å². The highest BCUT2D eigenvalue weighted by atomic mass is 16.3. The van der Waals surface area contributed by atoms with Crippen LogP contribution in [0.25, 0.3) is 0 Å². The van der Waals surface area contributed by atoms with Crippen molar-refractivity contribution in [3.8, 4) is 0 Å². The molecule has 0 aromatic carbocycles. The molecule has 4 N–H and O–H groups in total. The number of aliphatic hydroxyl groups is 1. The summed E-state index contributed by atoms with van der Waals surface area (Å²) in [5.74, 6) is 0.200. The molecule has 0 aliphatic carbocycles. The van der Waals surface area contributed by atoms with Crippen molar-refractivity contribution in [3.63, 3.8) is 0 Å². The molecule has 0 bridgehead atoms. The van der Waals surface area contributed by atoms with Crippen LogP contribution in [0.4, 0.5) is 0 Å². The van der Waals surface area contributed by atoms with Gasteiger partial charge in [-0.05, 0) is 26.2 Å².